The van der Waals surface area contributed by atoms with Gasteiger partial charge in [-0.15, -0.1) is 0 Å². The molecule has 0 aromatic rings. The van der Waals surface area contributed by atoms with Gasteiger partial charge in [0.2, 0.25) is 0 Å². The lowest BCUT2D eigenvalue weighted by Gasteiger charge is -2.29. The van der Waals surface area contributed by atoms with Crippen LogP contribution in [-0.2, 0) is 4.79 Å². The normalized spacial score (nSPS) is 20.3. The summed E-state index contributed by atoms with van der Waals surface area (Å²) >= 11 is 0. The molecular weight excluding hydrogens is 232 g/mol. The van der Waals surface area contributed by atoms with Crippen LogP contribution in [0.1, 0.15) is 45.4 Å². The number of carbonyl (C=O) groups is 2. The molecule has 0 aromatic heterocycles. The molecule has 0 spiro atoms. The van der Waals surface area contributed by atoms with Crippen LogP contribution in [0, 0.1) is 5.92 Å². The Morgan fingerprint density at radius 2 is 2.00 bits per heavy atom. The van der Waals surface area contributed by atoms with Crippen LogP contribution in [-0.4, -0.2) is 40.6 Å². The Morgan fingerprint density at radius 3 is 2.50 bits per heavy atom. The zero-order valence-electron chi connectivity index (χ0n) is 10.9. The summed E-state index contributed by atoms with van der Waals surface area (Å²) < 4.78 is 0. The van der Waals surface area contributed by atoms with Crippen molar-refractivity contribution in [2.75, 3.05) is 6.54 Å². The SMILES string of the molecule is CC(C1CC1)N(C(=O)NCCCC(=O)O)C1CC1. The Balaban J connectivity index is 1.75. The molecule has 0 aliphatic heterocycles. The molecule has 2 fully saturated rings. The molecule has 2 N–H and O–H groups in total. The topological polar surface area (TPSA) is 69.6 Å². The first-order valence-corrected chi connectivity index (χ1v) is 6.87. The van der Waals surface area contributed by atoms with E-state index in [4.69, 9.17) is 5.11 Å². The van der Waals surface area contributed by atoms with Crippen molar-refractivity contribution in [2.45, 2.75) is 57.5 Å². The van der Waals surface area contributed by atoms with E-state index in [2.05, 4.69) is 12.2 Å². The summed E-state index contributed by atoms with van der Waals surface area (Å²) in [7, 11) is 0. The van der Waals surface area contributed by atoms with Crippen molar-refractivity contribution in [2.24, 2.45) is 5.92 Å². The fourth-order valence-corrected chi connectivity index (χ4v) is 2.37. The number of carboxylic acid groups (broad SMARTS) is 1. The number of aliphatic carboxylic acids is 1. The predicted octanol–water partition coefficient (Wildman–Crippen LogP) is 1.82. The molecule has 1 unspecified atom stereocenters. The molecule has 2 aliphatic rings. The highest BCUT2D eigenvalue weighted by atomic mass is 16.4. The minimum Gasteiger partial charge on any atom is -0.481 e. The molecule has 0 heterocycles. The van der Waals surface area contributed by atoms with E-state index < -0.39 is 5.97 Å². The summed E-state index contributed by atoms with van der Waals surface area (Å²) in [6, 6.07) is 0.735. The minimum absolute atomic E-state index is 0.0118. The van der Waals surface area contributed by atoms with Crippen molar-refractivity contribution in [3.8, 4) is 0 Å². The van der Waals surface area contributed by atoms with Crippen molar-refractivity contribution in [3.05, 3.63) is 0 Å². The third-order valence-corrected chi connectivity index (χ3v) is 3.76. The van der Waals surface area contributed by atoms with Gasteiger partial charge in [0, 0.05) is 25.0 Å². The van der Waals surface area contributed by atoms with Crippen molar-refractivity contribution in [1.82, 2.24) is 10.2 Å². The third kappa shape index (κ3) is 3.62. The van der Waals surface area contributed by atoms with Crippen LogP contribution in [0.5, 0.6) is 0 Å². The highest BCUT2D eigenvalue weighted by Crippen LogP contribution is 2.39. The molecule has 1 atom stereocenters. The second kappa shape index (κ2) is 5.59. The van der Waals surface area contributed by atoms with Crippen LogP contribution in [0.2, 0.25) is 0 Å². The second-order valence-corrected chi connectivity index (χ2v) is 5.45. The standard InChI is InChI=1S/C13H22N2O3/c1-9(10-4-5-10)15(11-6-7-11)13(18)14-8-2-3-12(16)17/h9-11H,2-8H2,1H3,(H,14,18)(H,16,17). The fourth-order valence-electron chi connectivity index (χ4n) is 2.37. The van der Waals surface area contributed by atoms with Gasteiger partial charge >= 0.3 is 12.0 Å². The van der Waals surface area contributed by atoms with Gasteiger partial charge in [-0.3, -0.25) is 4.79 Å². The molecule has 0 bridgehead atoms. The van der Waals surface area contributed by atoms with Crippen LogP contribution >= 0.6 is 0 Å². The van der Waals surface area contributed by atoms with Crippen LogP contribution in [0.15, 0.2) is 0 Å². The van der Waals surface area contributed by atoms with Crippen LogP contribution in [0.4, 0.5) is 4.79 Å². The quantitative estimate of drug-likeness (QED) is 0.681. The Bertz CT molecular complexity index is 324. The average molecular weight is 254 g/mol. The average Bonchev–Trinajstić information content (AvgIpc) is 3.16. The smallest absolute Gasteiger partial charge is 0.317 e. The number of carboxylic acids is 1. The molecular formula is C13H22N2O3. The zero-order valence-corrected chi connectivity index (χ0v) is 10.9. The molecule has 0 saturated heterocycles. The van der Waals surface area contributed by atoms with Gasteiger partial charge in [-0.2, -0.15) is 0 Å². The Labute approximate surface area is 108 Å². The molecule has 0 radical (unpaired) electrons. The summed E-state index contributed by atoms with van der Waals surface area (Å²) in [4.78, 5) is 24.5. The number of urea groups is 1. The monoisotopic (exact) mass is 254 g/mol. The second-order valence-electron chi connectivity index (χ2n) is 5.45. The first kappa shape index (κ1) is 13.2. The molecule has 5 nitrogen and oxygen atoms in total. The molecule has 0 aromatic carbocycles. The van der Waals surface area contributed by atoms with E-state index in [-0.39, 0.29) is 12.5 Å². The molecule has 2 aliphatic carbocycles. The molecule has 18 heavy (non-hydrogen) atoms. The first-order chi connectivity index (χ1) is 8.59. The van der Waals surface area contributed by atoms with Crippen molar-refractivity contribution < 1.29 is 14.7 Å². The minimum atomic E-state index is -0.811. The van der Waals surface area contributed by atoms with Gasteiger partial charge in [0.15, 0.2) is 0 Å². The number of nitrogens with one attached hydrogen (secondary N) is 1. The van der Waals surface area contributed by atoms with Gasteiger partial charge in [-0.05, 0) is 44.9 Å². The number of hydrogen-bond acceptors (Lipinski definition) is 2. The molecule has 2 saturated carbocycles. The van der Waals surface area contributed by atoms with Gasteiger partial charge in [-0.25, -0.2) is 4.79 Å². The molecule has 5 heteroatoms. The summed E-state index contributed by atoms with van der Waals surface area (Å²) in [5.41, 5.74) is 0. The third-order valence-electron chi connectivity index (χ3n) is 3.76. The van der Waals surface area contributed by atoms with Gasteiger partial charge in [0.1, 0.15) is 0 Å². The number of amides is 2. The lowest BCUT2D eigenvalue weighted by atomic mass is 10.2. The first-order valence-electron chi connectivity index (χ1n) is 6.87. The number of rotatable bonds is 7. The maximum absolute atomic E-state index is 12.1. The van der Waals surface area contributed by atoms with Crippen LogP contribution < -0.4 is 5.32 Å². The number of carbonyl (C=O) groups excluding carboxylic acids is 1. The lowest BCUT2D eigenvalue weighted by Crippen LogP contribution is -2.47. The van der Waals surface area contributed by atoms with E-state index in [0.29, 0.717) is 31.0 Å². The lowest BCUT2D eigenvalue weighted by molar-refractivity contribution is -0.137. The Kier molecular flexibility index (Phi) is 4.09. The Hall–Kier alpha value is -1.26. The maximum Gasteiger partial charge on any atom is 0.317 e. The van der Waals surface area contributed by atoms with E-state index >= 15 is 0 Å². The maximum atomic E-state index is 12.1. The summed E-state index contributed by atoms with van der Waals surface area (Å²) in [6.45, 7) is 2.58. The van der Waals surface area contributed by atoms with E-state index in [1.807, 2.05) is 4.90 Å². The zero-order chi connectivity index (χ0) is 13.1. The molecule has 2 rings (SSSR count). The van der Waals surface area contributed by atoms with Gasteiger partial charge < -0.3 is 15.3 Å². The van der Waals surface area contributed by atoms with Gasteiger partial charge in [0.05, 0.1) is 0 Å². The van der Waals surface area contributed by atoms with Crippen LogP contribution in [0.25, 0.3) is 0 Å². The predicted molar refractivity (Wildman–Crippen MR) is 67.3 cm³/mol. The molecule has 2 amide bonds. The summed E-state index contributed by atoms with van der Waals surface area (Å²) in [6.07, 6.45) is 5.30. The molecule has 102 valence electrons. The van der Waals surface area contributed by atoms with Crippen molar-refractivity contribution >= 4 is 12.0 Å². The Morgan fingerprint density at radius 1 is 1.33 bits per heavy atom. The van der Waals surface area contributed by atoms with E-state index in [0.717, 1.165) is 12.8 Å². The summed E-state index contributed by atoms with van der Waals surface area (Å²) in [5.74, 6) is -0.134. The summed E-state index contributed by atoms with van der Waals surface area (Å²) in [5, 5.41) is 11.4. The van der Waals surface area contributed by atoms with Crippen LogP contribution in [0.3, 0.4) is 0 Å². The highest BCUT2D eigenvalue weighted by Gasteiger charge is 2.41. The van der Waals surface area contributed by atoms with E-state index in [1.165, 1.54) is 12.8 Å². The van der Waals surface area contributed by atoms with Gasteiger partial charge in [-0.1, -0.05) is 0 Å². The largest absolute Gasteiger partial charge is 0.481 e. The highest BCUT2D eigenvalue weighted by molar-refractivity contribution is 5.75. The number of nitrogens with zero attached hydrogens (tertiary/aromatic N) is 1. The van der Waals surface area contributed by atoms with E-state index in [9.17, 15) is 9.59 Å². The van der Waals surface area contributed by atoms with Crippen molar-refractivity contribution in [1.29, 1.82) is 0 Å². The fraction of sp³-hybridized carbons (Fsp3) is 0.846. The van der Waals surface area contributed by atoms with Gasteiger partial charge in [0.25, 0.3) is 0 Å². The number of hydrogen-bond donors (Lipinski definition) is 2. The van der Waals surface area contributed by atoms with E-state index in [1.54, 1.807) is 0 Å². The van der Waals surface area contributed by atoms with Crippen molar-refractivity contribution in [3.63, 3.8) is 0 Å².